The van der Waals surface area contributed by atoms with Crippen LogP contribution in [0.2, 0.25) is 0 Å². The van der Waals surface area contributed by atoms with E-state index in [1.807, 2.05) is 24.3 Å². The molecule has 0 unspecified atom stereocenters. The Morgan fingerprint density at radius 1 is 1.12 bits per heavy atom. The van der Waals surface area contributed by atoms with Crippen molar-refractivity contribution in [1.82, 2.24) is 16.0 Å². The van der Waals surface area contributed by atoms with Gasteiger partial charge in [0.25, 0.3) is 5.91 Å². The molecule has 1 heterocycles. The van der Waals surface area contributed by atoms with E-state index in [1.54, 1.807) is 25.4 Å². The molecule has 25 heavy (non-hydrogen) atoms. The number of hydrogen-bond acceptors (Lipinski definition) is 3. The lowest BCUT2D eigenvalue weighted by molar-refractivity contribution is 0.0953. The Morgan fingerprint density at radius 3 is 2.64 bits per heavy atom. The summed E-state index contributed by atoms with van der Waals surface area (Å²) < 4.78 is 6.18. The second-order valence-corrected chi connectivity index (χ2v) is 6.29. The summed E-state index contributed by atoms with van der Waals surface area (Å²) in [5.41, 5.74) is 0.651. The standard InChI is InChI=1S/C18H23BrN4O2/c1-20-18(23-11-8-16-7-3-12-25-16)22-10-4-9-21-17(24)14-5-2-6-15(19)13-14/h2-3,5-7,12-13H,4,8-11H2,1H3,(H,21,24)(H2,20,22,23). The SMILES string of the molecule is CN=C(NCCCNC(=O)c1cccc(Br)c1)NCCc1ccco1. The van der Waals surface area contributed by atoms with E-state index in [1.165, 1.54) is 0 Å². The van der Waals surface area contributed by atoms with Gasteiger partial charge in [0.1, 0.15) is 5.76 Å². The van der Waals surface area contributed by atoms with Gasteiger partial charge in [-0.25, -0.2) is 0 Å². The lowest BCUT2D eigenvalue weighted by atomic mass is 10.2. The Morgan fingerprint density at radius 2 is 1.92 bits per heavy atom. The first-order chi connectivity index (χ1) is 12.2. The van der Waals surface area contributed by atoms with Crippen molar-refractivity contribution in [2.75, 3.05) is 26.7 Å². The van der Waals surface area contributed by atoms with E-state index in [2.05, 4.69) is 36.9 Å². The highest BCUT2D eigenvalue weighted by Gasteiger charge is 2.05. The van der Waals surface area contributed by atoms with Gasteiger partial charge in [0.2, 0.25) is 0 Å². The Balaban J connectivity index is 1.58. The van der Waals surface area contributed by atoms with E-state index in [9.17, 15) is 4.79 Å². The summed E-state index contributed by atoms with van der Waals surface area (Å²) in [4.78, 5) is 16.2. The van der Waals surface area contributed by atoms with Gasteiger partial charge in [-0.15, -0.1) is 0 Å². The first kappa shape index (κ1) is 19.1. The molecule has 0 fully saturated rings. The van der Waals surface area contributed by atoms with Gasteiger partial charge in [-0.1, -0.05) is 22.0 Å². The molecular weight excluding hydrogens is 384 g/mol. The van der Waals surface area contributed by atoms with E-state index in [-0.39, 0.29) is 5.91 Å². The highest BCUT2D eigenvalue weighted by molar-refractivity contribution is 9.10. The Kier molecular flexibility index (Phi) is 8.04. The minimum absolute atomic E-state index is 0.0674. The molecule has 3 N–H and O–H groups in total. The molecule has 1 amide bonds. The summed E-state index contributed by atoms with van der Waals surface area (Å²) >= 11 is 3.36. The van der Waals surface area contributed by atoms with E-state index >= 15 is 0 Å². The number of aliphatic imine (C=N–C) groups is 1. The second kappa shape index (κ2) is 10.6. The number of amides is 1. The summed E-state index contributed by atoms with van der Waals surface area (Å²) in [5.74, 6) is 1.62. The third-order valence-electron chi connectivity index (χ3n) is 3.49. The highest BCUT2D eigenvalue weighted by atomic mass is 79.9. The van der Waals surface area contributed by atoms with Crippen molar-refractivity contribution in [3.63, 3.8) is 0 Å². The van der Waals surface area contributed by atoms with E-state index < -0.39 is 0 Å². The number of rotatable bonds is 8. The van der Waals surface area contributed by atoms with Crippen molar-refractivity contribution in [3.8, 4) is 0 Å². The van der Waals surface area contributed by atoms with Gasteiger partial charge in [-0.3, -0.25) is 9.79 Å². The fourth-order valence-electron chi connectivity index (χ4n) is 2.21. The van der Waals surface area contributed by atoms with Gasteiger partial charge in [0, 0.05) is 43.1 Å². The predicted molar refractivity (Wildman–Crippen MR) is 103 cm³/mol. The second-order valence-electron chi connectivity index (χ2n) is 5.37. The summed E-state index contributed by atoms with van der Waals surface area (Å²) in [6.07, 6.45) is 3.28. The molecule has 1 aromatic carbocycles. The molecule has 0 saturated heterocycles. The summed E-state index contributed by atoms with van der Waals surface area (Å²) in [5, 5.41) is 9.35. The van der Waals surface area contributed by atoms with Gasteiger partial charge in [-0.2, -0.15) is 0 Å². The largest absolute Gasteiger partial charge is 0.469 e. The molecule has 0 aliphatic rings. The zero-order valence-electron chi connectivity index (χ0n) is 14.2. The average Bonchev–Trinajstić information content (AvgIpc) is 3.13. The third-order valence-corrected chi connectivity index (χ3v) is 3.98. The van der Waals surface area contributed by atoms with Crippen molar-refractivity contribution in [3.05, 3.63) is 58.5 Å². The maximum absolute atomic E-state index is 12.0. The van der Waals surface area contributed by atoms with Crippen LogP contribution in [-0.4, -0.2) is 38.5 Å². The minimum atomic E-state index is -0.0674. The van der Waals surface area contributed by atoms with Crippen LogP contribution in [0, 0.1) is 0 Å². The topological polar surface area (TPSA) is 78.7 Å². The molecule has 1 aromatic heterocycles. The molecular formula is C18H23BrN4O2. The molecule has 0 aliphatic heterocycles. The Hall–Kier alpha value is -2.28. The summed E-state index contributed by atoms with van der Waals surface area (Å²) in [7, 11) is 1.73. The molecule has 2 aromatic rings. The van der Waals surface area contributed by atoms with Crippen LogP contribution >= 0.6 is 15.9 Å². The van der Waals surface area contributed by atoms with E-state index in [0.29, 0.717) is 12.1 Å². The number of carbonyl (C=O) groups excluding carboxylic acids is 1. The number of nitrogens with one attached hydrogen (secondary N) is 3. The molecule has 0 spiro atoms. The summed E-state index contributed by atoms with van der Waals surface area (Å²) in [6, 6.07) is 11.2. The van der Waals surface area contributed by atoms with Gasteiger partial charge < -0.3 is 20.4 Å². The average molecular weight is 407 g/mol. The molecule has 0 radical (unpaired) electrons. The summed E-state index contributed by atoms with van der Waals surface area (Å²) in [6.45, 7) is 2.06. The van der Waals surface area contributed by atoms with Crippen LogP contribution in [0.3, 0.4) is 0 Å². The van der Waals surface area contributed by atoms with Crippen molar-refractivity contribution >= 4 is 27.8 Å². The molecule has 0 saturated carbocycles. The number of benzene rings is 1. The Bertz CT molecular complexity index is 686. The first-order valence-corrected chi connectivity index (χ1v) is 8.99. The van der Waals surface area contributed by atoms with Crippen LogP contribution in [0.1, 0.15) is 22.5 Å². The lowest BCUT2D eigenvalue weighted by Gasteiger charge is -2.11. The zero-order chi connectivity index (χ0) is 17.9. The quantitative estimate of drug-likeness (QED) is 0.357. The zero-order valence-corrected chi connectivity index (χ0v) is 15.8. The third kappa shape index (κ3) is 7.01. The molecule has 0 atom stereocenters. The molecule has 134 valence electrons. The maximum Gasteiger partial charge on any atom is 0.251 e. The number of guanidine groups is 1. The highest BCUT2D eigenvalue weighted by Crippen LogP contribution is 2.11. The molecule has 0 aliphatic carbocycles. The van der Waals surface area contributed by atoms with Crippen LogP contribution in [0.25, 0.3) is 0 Å². The monoisotopic (exact) mass is 406 g/mol. The molecule has 7 heteroatoms. The van der Waals surface area contributed by atoms with Crippen molar-refractivity contribution in [2.24, 2.45) is 4.99 Å². The van der Waals surface area contributed by atoms with Crippen LogP contribution in [0.5, 0.6) is 0 Å². The molecule has 6 nitrogen and oxygen atoms in total. The van der Waals surface area contributed by atoms with Crippen LogP contribution in [-0.2, 0) is 6.42 Å². The lowest BCUT2D eigenvalue weighted by Crippen LogP contribution is -2.39. The number of furan rings is 1. The van der Waals surface area contributed by atoms with Gasteiger partial charge in [0.15, 0.2) is 5.96 Å². The van der Waals surface area contributed by atoms with Crippen molar-refractivity contribution in [1.29, 1.82) is 0 Å². The van der Waals surface area contributed by atoms with Crippen molar-refractivity contribution < 1.29 is 9.21 Å². The predicted octanol–water partition coefficient (Wildman–Crippen LogP) is 2.57. The number of carbonyl (C=O) groups is 1. The molecule has 0 bridgehead atoms. The van der Waals surface area contributed by atoms with Crippen LogP contribution in [0.15, 0.2) is 56.5 Å². The number of halogens is 1. The van der Waals surface area contributed by atoms with Crippen LogP contribution in [0.4, 0.5) is 0 Å². The van der Waals surface area contributed by atoms with Gasteiger partial charge in [-0.05, 0) is 36.8 Å². The first-order valence-electron chi connectivity index (χ1n) is 8.19. The van der Waals surface area contributed by atoms with Crippen molar-refractivity contribution in [2.45, 2.75) is 12.8 Å². The molecule has 2 rings (SSSR count). The fraction of sp³-hybridized carbons (Fsp3) is 0.333. The Labute approximate surface area is 156 Å². The van der Waals surface area contributed by atoms with E-state index in [0.717, 1.165) is 42.1 Å². The minimum Gasteiger partial charge on any atom is -0.469 e. The van der Waals surface area contributed by atoms with E-state index in [4.69, 9.17) is 4.42 Å². The fourth-order valence-corrected chi connectivity index (χ4v) is 2.61. The number of hydrogen-bond donors (Lipinski definition) is 3. The van der Waals surface area contributed by atoms with Gasteiger partial charge in [0.05, 0.1) is 6.26 Å². The number of nitrogens with zero attached hydrogens (tertiary/aromatic N) is 1. The maximum atomic E-state index is 12.0. The van der Waals surface area contributed by atoms with Crippen LogP contribution < -0.4 is 16.0 Å². The van der Waals surface area contributed by atoms with Gasteiger partial charge >= 0.3 is 0 Å². The normalized spacial score (nSPS) is 11.2. The smallest absolute Gasteiger partial charge is 0.251 e.